The van der Waals surface area contributed by atoms with Gasteiger partial charge in [-0.15, -0.1) is 0 Å². The lowest BCUT2D eigenvalue weighted by Gasteiger charge is -2.07. The number of aromatic nitrogens is 3. The standard InChI is InChI=1S/C17H15IN4O/c18-15-4-2-1-3-14(15)17(23)20-10-12-22-11-7-16(21-22)13-5-8-19-9-6-13/h1-9,11H,10,12H2,(H,20,23). The molecule has 1 N–H and O–H groups in total. The average molecular weight is 418 g/mol. The second-order valence-corrected chi connectivity index (χ2v) is 6.10. The molecule has 0 fully saturated rings. The Morgan fingerprint density at radius 2 is 1.91 bits per heavy atom. The predicted octanol–water partition coefficient (Wildman–Crippen LogP) is 2.98. The van der Waals surface area contributed by atoms with Gasteiger partial charge in [0.15, 0.2) is 0 Å². The van der Waals surface area contributed by atoms with Gasteiger partial charge in [0.1, 0.15) is 0 Å². The fourth-order valence-electron chi connectivity index (χ4n) is 2.19. The van der Waals surface area contributed by atoms with Crippen molar-refractivity contribution in [2.24, 2.45) is 0 Å². The molecule has 0 saturated heterocycles. The number of benzene rings is 1. The number of hydrogen-bond donors (Lipinski definition) is 1. The van der Waals surface area contributed by atoms with Crippen LogP contribution in [0.25, 0.3) is 11.3 Å². The molecule has 0 aliphatic carbocycles. The zero-order valence-electron chi connectivity index (χ0n) is 12.3. The van der Waals surface area contributed by atoms with Gasteiger partial charge in [-0.1, -0.05) is 12.1 Å². The molecule has 0 radical (unpaired) electrons. The number of pyridine rings is 1. The van der Waals surface area contributed by atoms with Crippen molar-refractivity contribution in [2.45, 2.75) is 6.54 Å². The number of halogens is 1. The summed E-state index contributed by atoms with van der Waals surface area (Å²) in [4.78, 5) is 16.1. The van der Waals surface area contributed by atoms with Gasteiger partial charge < -0.3 is 5.32 Å². The molecule has 0 atom stereocenters. The quantitative estimate of drug-likeness (QED) is 0.649. The van der Waals surface area contributed by atoms with Gasteiger partial charge >= 0.3 is 0 Å². The van der Waals surface area contributed by atoms with Crippen molar-refractivity contribution in [3.63, 3.8) is 0 Å². The lowest BCUT2D eigenvalue weighted by atomic mass is 10.2. The summed E-state index contributed by atoms with van der Waals surface area (Å²) in [5, 5.41) is 7.43. The molecule has 3 rings (SSSR count). The van der Waals surface area contributed by atoms with E-state index in [1.54, 1.807) is 12.4 Å². The smallest absolute Gasteiger partial charge is 0.252 e. The van der Waals surface area contributed by atoms with E-state index in [0.717, 1.165) is 14.8 Å². The third kappa shape index (κ3) is 3.95. The largest absolute Gasteiger partial charge is 0.350 e. The van der Waals surface area contributed by atoms with E-state index in [2.05, 4.69) is 38.0 Å². The topological polar surface area (TPSA) is 59.8 Å². The van der Waals surface area contributed by atoms with Gasteiger partial charge in [0.2, 0.25) is 0 Å². The highest BCUT2D eigenvalue weighted by Gasteiger charge is 2.08. The fraction of sp³-hybridized carbons (Fsp3) is 0.118. The lowest BCUT2D eigenvalue weighted by molar-refractivity contribution is 0.0951. The number of hydrogen-bond acceptors (Lipinski definition) is 3. The predicted molar refractivity (Wildman–Crippen MR) is 97.0 cm³/mol. The minimum Gasteiger partial charge on any atom is -0.350 e. The van der Waals surface area contributed by atoms with Crippen molar-refractivity contribution in [3.8, 4) is 11.3 Å². The maximum atomic E-state index is 12.1. The van der Waals surface area contributed by atoms with Crippen LogP contribution in [0.3, 0.4) is 0 Å². The van der Waals surface area contributed by atoms with E-state index < -0.39 is 0 Å². The first-order valence-electron chi connectivity index (χ1n) is 7.20. The van der Waals surface area contributed by atoms with Crippen molar-refractivity contribution >= 4 is 28.5 Å². The van der Waals surface area contributed by atoms with Crippen LogP contribution >= 0.6 is 22.6 Å². The van der Waals surface area contributed by atoms with E-state index in [4.69, 9.17) is 0 Å². The van der Waals surface area contributed by atoms with Gasteiger partial charge in [-0.05, 0) is 52.9 Å². The normalized spacial score (nSPS) is 10.5. The highest BCUT2D eigenvalue weighted by molar-refractivity contribution is 14.1. The van der Waals surface area contributed by atoms with Crippen molar-refractivity contribution in [2.75, 3.05) is 6.54 Å². The Labute approximate surface area is 147 Å². The second-order valence-electron chi connectivity index (χ2n) is 4.94. The van der Waals surface area contributed by atoms with Crippen molar-refractivity contribution in [3.05, 3.63) is 70.2 Å². The molecule has 1 aromatic carbocycles. The van der Waals surface area contributed by atoms with Crippen LogP contribution < -0.4 is 5.32 Å². The van der Waals surface area contributed by atoms with Crippen LogP contribution in [0.2, 0.25) is 0 Å². The molecular formula is C17H15IN4O. The number of nitrogens with one attached hydrogen (secondary N) is 1. The SMILES string of the molecule is O=C(NCCn1ccc(-c2ccncc2)n1)c1ccccc1I. The summed E-state index contributed by atoms with van der Waals surface area (Å²) >= 11 is 2.17. The molecule has 0 unspecified atom stereocenters. The number of carbonyl (C=O) groups is 1. The molecule has 116 valence electrons. The summed E-state index contributed by atoms with van der Waals surface area (Å²) in [5.41, 5.74) is 2.63. The lowest BCUT2D eigenvalue weighted by Crippen LogP contribution is -2.28. The van der Waals surface area contributed by atoms with Gasteiger partial charge in [0.25, 0.3) is 5.91 Å². The molecule has 6 heteroatoms. The summed E-state index contributed by atoms with van der Waals surface area (Å²) in [5.74, 6) is -0.0588. The van der Waals surface area contributed by atoms with Gasteiger partial charge in [0, 0.05) is 34.3 Å². The molecule has 5 nitrogen and oxygen atoms in total. The number of carbonyl (C=O) groups excluding carboxylic acids is 1. The first-order chi connectivity index (χ1) is 11.2. The first kappa shape index (κ1) is 15.7. The van der Waals surface area contributed by atoms with E-state index in [-0.39, 0.29) is 5.91 Å². The first-order valence-corrected chi connectivity index (χ1v) is 8.28. The Bertz CT molecular complexity index is 801. The zero-order chi connectivity index (χ0) is 16.1. The number of amides is 1. The molecule has 0 spiro atoms. The van der Waals surface area contributed by atoms with Crippen LogP contribution in [0.1, 0.15) is 10.4 Å². The van der Waals surface area contributed by atoms with Crippen molar-refractivity contribution in [1.29, 1.82) is 0 Å². The van der Waals surface area contributed by atoms with Gasteiger partial charge in [-0.3, -0.25) is 14.5 Å². The van der Waals surface area contributed by atoms with Crippen LogP contribution in [0, 0.1) is 3.57 Å². The van der Waals surface area contributed by atoms with E-state index in [9.17, 15) is 4.79 Å². The summed E-state index contributed by atoms with van der Waals surface area (Å²) in [6.45, 7) is 1.15. The van der Waals surface area contributed by atoms with E-state index >= 15 is 0 Å². The molecule has 1 amide bonds. The van der Waals surface area contributed by atoms with Crippen LogP contribution in [-0.4, -0.2) is 27.2 Å². The summed E-state index contributed by atoms with van der Waals surface area (Å²) in [6, 6.07) is 13.3. The summed E-state index contributed by atoms with van der Waals surface area (Å²) in [7, 11) is 0. The van der Waals surface area contributed by atoms with Crippen LogP contribution in [0.15, 0.2) is 61.1 Å². The minimum atomic E-state index is -0.0588. The van der Waals surface area contributed by atoms with E-state index in [0.29, 0.717) is 18.7 Å². The molecule has 3 aromatic rings. The van der Waals surface area contributed by atoms with Crippen LogP contribution in [-0.2, 0) is 6.54 Å². The number of rotatable bonds is 5. The van der Waals surface area contributed by atoms with Gasteiger partial charge in [-0.25, -0.2) is 0 Å². The van der Waals surface area contributed by atoms with Crippen LogP contribution in [0.4, 0.5) is 0 Å². The van der Waals surface area contributed by atoms with Gasteiger partial charge in [-0.2, -0.15) is 5.10 Å². The summed E-state index contributed by atoms with van der Waals surface area (Å²) in [6.07, 6.45) is 5.40. The maximum absolute atomic E-state index is 12.1. The Morgan fingerprint density at radius 3 is 2.70 bits per heavy atom. The molecule has 2 heterocycles. The zero-order valence-corrected chi connectivity index (χ0v) is 14.5. The van der Waals surface area contributed by atoms with E-state index in [1.165, 1.54) is 0 Å². The Hall–Kier alpha value is -2.22. The Morgan fingerprint density at radius 1 is 1.13 bits per heavy atom. The van der Waals surface area contributed by atoms with Crippen molar-refractivity contribution < 1.29 is 4.79 Å². The monoisotopic (exact) mass is 418 g/mol. The van der Waals surface area contributed by atoms with Crippen molar-refractivity contribution in [1.82, 2.24) is 20.1 Å². The third-order valence-corrected chi connectivity index (χ3v) is 4.30. The highest BCUT2D eigenvalue weighted by Crippen LogP contribution is 2.15. The molecule has 0 bridgehead atoms. The molecule has 2 aromatic heterocycles. The maximum Gasteiger partial charge on any atom is 0.252 e. The minimum absolute atomic E-state index is 0.0588. The molecule has 0 saturated carbocycles. The van der Waals surface area contributed by atoms with Gasteiger partial charge in [0.05, 0.1) is 17.8 Å². The molecule has 0 aliphatic rings. The third-order valence-electron chi connectivity index (χ3n) is 3.36. The van der Waals surface area contributed by atoms with Crippen LogP contribution in [0.5, 0.6) is 0 Å². The average Bonchev–Trinajstić information content (AvgIpc) is 3.05. The Kier molecular flexibility index (Phi) is 5.02. The summed E-state index contributed by atoms with van der Waals surface area (Å²) < 4.78 is 2.77. The Balaban J connectivity index is 1.56. The molecule has 23 heavy (non-hydrogen) atoms. The fourth-order valence-corrected chi connectivity index (χ4v) is 2.82. The van der Waals surface area contributed by atoms with E-state index in [1.807, 2.05) is 53.3 Å². The highest BCUT2D eigenvalue weighted by atomic mass is 127. The molecule has 0 aliphatic heterocycles. The number of nitrogens with zero attached hydrogens (tertiary/aromatic N) is 3. The second kappa shape index (κ2) is 7.36. The molecular weight excluding hydrogens is 403 g/mol.